The van der Waals surface area contributed by atoms with Crippen LogP contribution in [0.5, 0.6) is 0 Å². The molecule has 3 N–H and O–H groups in total. The van der Waals surface area contributed by atoms with Crippen LogP contribution in [0.15, 0.2) is 61.1 Å². The summed E-state index contributed by atoms with van der Waals surface area (Å²) in [5.74, 6) is 0. The number of hydrogen-bond donors (Lipinski definition) is 3. The normalized spacial score (nSPS) is 12.0. The lowest BCUT2D eigenvalue weighted by Crippen LogP contribution is -1.80. The van der Waals surface area contributed by atoms with Crippen LogP contribution in [-0.2, 0) is 0 Å². The maximum absolute atomic E-state index is 4.86. The second kappa shape index (κ2) is 5.74. The van der Waals surface area contributed by atoms with Gasteiger partial charge in [-0.25, -0.2) is 15.0 Å². The summed E-state index contributed by atoms with van der Waals surface area (Å²) in [6, 6.07) is 14.6. The average Bonchev–Trinajstić information content (AvgIpc) is 3.50. The summed E-state index contributed by atoms with van der Waals surface area (Å²) < 4.78 is 1.11. The van der Waals surface area contributed by atoms with Crippen LogP contribution in [0.25, 0.3) is 64.8 Å². The van der Waals surface area contributed by atoms with Crippen molar-refractivity contribution >= 4 is 64.9 Å². The first-order valence-electron chi connectivity index (χ1n) is 9.48. The first kappa shape index (κ1) is 15.8. The molecular formula is C22H13N7S. The van der Waals surface area contributed by atoms with Crippen molar-refractivity contribution in [2.45, 2.75) is 0 Å². The van der Waals surface area contributed by atoms with Gasteiger partial charge in [0.05, 0.1) is 22.1 Å². The highest BCUT2D eigenvalue weighted by Gasteiger charge is 2.14. The van der Waals surface area contributed by atoms with Crippen LogP contribution >= 0.6 is 11.3 Å². The minimum atomic E-state index is 0.630. The summed E-state index contributed by atoms with van der Waals surface area (Å²) in [4.78, 5) is 23.0. The third-order valence-electron chi connectivity index (χ3n) is 5.38. The molecule has 30 heavy (non-hydrogen) atoms. The molecule has 0 amide bonds. The summed E-state index contributed by atoms with van der Waals surface area (Å²) in [6.45, 7) is 0. The van der Waals surface area contributed by atoms with Crippen molar-refractivity contribution < 1.29 is 0 Å². The van der Waals surface area contributed by atoms with Crippen LogP contribution in [0.2, 0.25) is 0 Å². The highest BCUT2D eigenvalue weighted by molar-refractivity contribution is 7.23. The van der Waals surface area contributed by atoms with Crippen molar-refractivity contribution in [2.24, 2.45) is 0 Å². The average molecular weight is 407 g/mol. The van der Waals surface area contributed by atoms with E-state index in [9.17, 15) is 0 Å². The van der Waals surface area contributed by atoms with Gasteiger partial charge in [0.1, 0.15) is 11.2 Å². The Labute approximate surface area is 172 Å². The van der Waals surface area contributed by atoms with Crippen molar-refractivity contribution in [2.75, 3.05) is 0 Å². The van der Waals surface area contributed by atoms with Gasteiger partial charge in [-0.1, -0.05) is 6.07 Å². The maximum Gasteiger partial charge on any atom is 0.181 e. The SMILES string of the molecule is c1cc2c3ccc([nH]c4cncc(c4)c4ccc5[nH][nH]c(c6nc(n1)c2n6)-c5c4)s3. The van der Waals surface area contributed by atoms with E-state index in [4.69, 9.17) is 9.97 Å². The lowest BCUT2D eigenvalue weighted by molar-refractivity contribution is 1.13. The number of pyridine rings is 2. The number of rotatable bonds is 0. The van der Waals surface area contributed by atoms with Gasteiger partial charge in [0.15, 0.2) is 11.3 Å². The van der Waals surface area contributed by atoms with E-state index in [1.54, 1.807) is 17.5 Å². The highest BCUT2D eigenvalue weighted by atomic mass is 32.1. The fourth-order valence-corrected chi connectivity index (χ4v) is 4.90. The third kappa shape index (κ3) is 2.25. The molecule has 0 spiro atoms. The summed E-state index contributed by atoms with van der Waals surface area (Å²) in [6.07, 6.45) is 5.51. The van der Waals surface area contributed by atoms with E-state index in [1.165, 1.54) is 0 Å². The van der Waals surface area contributed by atoms with Crippen LogP contribution in [0, 0.1) is 0 Å². The van der Waals surface area contributed by atoms with Crippen LogP contribution in [0.4, 0.5) is 0 Å². The topological polar surface area (TPSA) is 98.9 Å². The lowest BCUT2D eigenvalue weighted by atomic mass is 10.1. The first-order chi connectivity index (χ1) is 14.8. The van der Waals surface area contributed by atoms with Crippen molar-refractivity contribution in [1.82, 2.24) is 35.1 Å². The molecule has 8 bridgehead atoms. The summed E-state index contributed by atoms with van der Waals surface area (Å²) in [5, 5.41) is 9.60. The maximum atomic E-state index is 4.86. The predicted octanol–water partition coefficient (Wildman–Crippen LogP) is 5.31. The van der Waals surface area contributed by atoms with Crippen LogP contribution < -0.4 is 0 Å². The summed E-state index contributed by atoms with van der Waals surface area (Å²) in [7, 11) is 0. The largest absolute Gasteiger partial charge is 0.346 e. The van der Waals surface area contributed by atoms with Crippen molar-refractivity contribution in [3.8, 4) is 11.3 Å². The Bertz CT molecular complexity index is 1770. The number of benzene rings is 1. The van der Waals surface area contributed by atoms with Crippen LogP contribution in [0.3, 0.4) is 0 Å². The monoisotopic (exact) mass is 407 g/mol. The van der Waals surface area contributed by atoms with Crippen LogP contribution in [0.1, 0.15) is 0 Å². The number of imidazole rings is 1. The molecule has 0 fully saturated rings. The Morgan fingerprint density at radius 3 is 2.83 bits per heavy atom. The number of hydrogen-bond acceptors (Lipinski definition) is 5. The molecule has 2 aliphatic heterocycles. The van der Waals surface area contributed by atoms with Crippen molar-refractivity contribution in [1.29, 1.82) is 0 Å². The van der Waals surface area contributed by atoms with E-state index in [0.717, 1.165) is 53.5 Å². The van der Waals surface area contributed by atoms with E-state index in [0.29, 0.717) is 11.3 Å². The second-order valence-electron chi connectivity index (χ2n) is 7.21. The molecule has 6 heterocycles. The Kier molecular flexibility index (Phi) is 3.03. The zero-order valence-corrected chi connectivity index (χ0v) is 16.3. The molecule has 142 valence electrons. The molecule has 0 unspecified atom stereocenters. The van der Waals surface area contributed by atoms with E-state index in [2.05, 4.69) is 61.5 Å². The van der Waals surface area contributed by atoms with E-state index >= 15 is 0 Å². The van der Waals surface area contributed by atoms with E-state index < -0.39 is 0 Å². The van der Waals surface area contributed by atoms with Gasteiger partial charge in [-0.05, 0) is 41.8 Å². The van der Waals surface area contributed by atoms with Gasteiger partial charge in [-0.2, -0.15) is 0 Å². The molecule has 1 aromatic carbocycles. The summed E-state index contributed by atoms with van der Waals surface area (Å²) in [5.41, 5.74) is 5.89. The van der Waals surface area contributed by atoms with Gasteiger partial charge in [-0.15, -0.1) is 11.3 Å². The summed E-state index contributed by atoms with van der Waals surface area (Å²) >= 11 is 1.67. The standard InChI is InChI=1S/C22H13N7S/c1-2-16-15-8-11(1)12-7-13(10-23-9-12)25-18-4-3-17(30-18)14-5-6-24-21-19(14)26-22(27-21)20(15)29-28-16/h1-10,25,28-29H. The minimum absolute atomic E-state index is 0.630. The van der Waals surface area contributed by atoms with Gasteiger partial charge in [0.25, 0.3) is 0 Å². The van der Waals surface area contributed by atoms with Crippen molar-refractivity contribution in [3.63, 3.8) is 0 Å². The van der Waals surface area contributed by atoms with E-state index in [-0.39, 0.29) is 0 Å². The number of thiophene rings is 1. The molecule has 5 aromatic rings. The Hall–Kier alpha value is -4.04. The van der Waals surface area contributed by atoms with Gasteiger partial charge in [0, 0.05) is 33.4 Å². The van der Waals surface area contributed by atoms with E-state index in [1.807, 2.05) is 18.5 Å². The van der Waals surface area contributed by atoms with Gasteiger partial charge in [-0.3, -0.25) is 10.1 Å². The molecule has 7 nitrogen and oxygen atoms in total. The number of nitrogens with one attached hydrogen (secondary N) is 3. The molecule has 8 heteroatoms. The molecule has 2 aliphatic rings. The van der Waals surface area contributed by atoms with Gasteiger partial charge in [0.2, 0.25) is 0 Å². The van der Waals surface area contributed by atoms with Crippen LogP contribution in [-0.4, -0.2) is 35.1 Å². The Morgan fingerprint density at radius 1 is 0.833 bits per heavy atom. The third-order valence-corrected chi connectivity index (χ3v) is 6.41. The Balaban J connectivity index is 1.75. The zero-order valence-electron chi connectivity index (χ0n) is 15.5. The van der Waals surface area contributed by atoms with Crippen molar-refractivity contribution in [3.05, 3.63) is 61.1 Å². The number of aromatic amines is 3. The number of nitrogens with zero attached hydrogens (tertiary/aromatic N) is 4. The molecular weight excluding hydrogens is 394 g/mol. The first-order valence-corrected chi connectivity index (χ1v) is 10.3. The predicted molar refractivity (Wildman–Crippen MR) is 120 cm³/mol. The fourth-order valence-electron chi connectivity index (χ4n) is 3.95. The fraction of sp³-hybridized carbons (Fsp3) is 0. The molecule has 0 saturated heterocycles. The molecule has 0 atom stereocenters. The molecule has 4 aromatic heterocycles. The van der Waals surface area contributed by atoms with Gasteiger partial charge >= 0.3 is 0 Å². The molecule has 0 saturated carbocycles. The number of fused-ring (bicyclic) bond motifs is 9. The minimum Gasteiger partial charge on any atom is -0.346 e. The quantitative estimate of drug-likeness (QED) is 0.317. The second-order valence-corrected chi connectivity index (χ2v) is 8.30. The van der Waals surface area contributed by atoms with Gasteiger partial charge < -0.3 is 10.1 Å². The Morgan fingerprint density at radius 2 is 1.83 bits per heavy atom. The zero-order chi connectivity index (χ0) is 19.7. The highest BCUT2D eigenvalue weighted by Crippen LogP contribution is 2.32. The molecule has 0 aliphatic carbocycles. The number of H-pyrrole nitrogens is 3. The molecule has 7 rings (SSSR count). The number of aromatic nitrogens is 7. The molecule has 0 radical (unpaired) electrons. The smallest absolute Gasteiger partial charge is 0.181 e. The lowest BCUT2D eigenvalue weighted by Gasteiger charge is -1.99.